The zero-order valence-electron chi connectivity index (χ0n) is 18.9. The van der Waals surface area contributed by atoms with Gasteiger partial charge in [-0.05, 0) is 56.4 Å². The number of carbonyl (C=O) groups is 1. The predicted octanol–water partition coefficient (Wildman–Crippen LogP) is 3.15. The molecule has 1 aliphatic carbocycles. The maximum absolute atomic E-state index is 12.6. The van der Waals surface area contributed by atoms with Crippen LogP contribution in [0.4, 0.5) is 0 Å². The second-order valence-corrected chi connectivity index (χ2v) is 8.77. The summed E-state index contributed by atoms with van der Waals surface area (Å²) in [5.41, 5.74) is 8.05. The largest absolute Gasteiger partial charge is 0.465 e. The molecule has 182 valence electrons. The number of aromatic nitrogens is 5. The number of hydrogen-bond donors (Lipinski definition) is 1. The third-order valence-corrected chi connectivity index (χ3v) is 6.54. The highest BCUT2D eigenvalue weighted by Gasteiger charge is 2.37. The number of nitrogens with zero attached hydrogens (tertiary/aromatic N) is 5. The smallest absolute Gasteiger partial charge is 0.327 e. The lowest BCUT2D eigenvalue weighted by Crippen LogP contribution is -2.41. The standard InChI is InChI=1S/C23H27ClN6O3.ClH/c1-2-33-22(32)14-29-13-20(26-28-29)19-6-7-21(31)30(27-19)18-8-10-23(15-25,11-9-18)16-4-3-5-17(24)12-16;/h3-7,12-13,18H,2,8-11,14-15,25H2,1H3;1H/t18-,23+;. The van der Waals surface area contributed by atoms with Crippen molar-refractivity contribution in [1.82, 2.24) is 24.8 Å². The van der Waals surface area contributed by atoms with Crippen molar-refractivity contribution in [3.05, 3.63) is 63.5 Å². The van der Waals surface area contributed by atoms with Crippen LogP contribution in [0.3, 0.4) is 0 Å². The van der Waals surface area contributed by atoms with E-state index in [2.05, 4.69) is 21.5 Å². The van der Waals surface area contributed by atoms with Crippen LogP contribution in [0.2, 0.25) is 5.02 Å². The Bertz CT molecular complexity index is 1190. The average molecular weight is 507 g/mol. The van der Waals surface area contributed by atoms with E-state index in [1.807, 2.05) is 18.2 Å². The number of esters is 1. The highest BCUT2D eigenvalue weighted by atomic mass is 35.5. The predicted molar refractivity (Wildman–Crippen MR) is 131 cm³/mol. The summed E-state index contributed by atoms with van der Waals surface area (Å²) >= 11 is 6.21. The van der Waals surface area contributed by atoms with Crippen LogP contribution >= 0.6 is 24.0 Å². The Labute approximate surface area is 208 Å². The molecule has 0 amide bonds. The highest BCUT2D eigenvalue weighted by Crippen LogP contribution is 2.42. The van der Waals surface area contributed by atoms with Crippen LogP contribution in [0, 0.1) is 0 Å². The molecule has 0 atom stereocenters. The molecule has 0 saturated heterocycles. The SMILES string of the molecule is CCOC(=O)Cn1cc(-c2ccc(=O)n([C@H]3CC[C@@](CN)(c4cccc(Cl)c4)CC3)n2)nn1.Cl. The number of halogens is 2. The second-order valence-electron chi connectivity index (χ2n) is 8.33. The van der Waals surface area contributed by atoms with Crippen molar-refractivity contribution >= 4 is 30.0 Å². The number of carbonyl (C=O) groups excluding carboxylic acids is 1. The number of benzene rings is 1. The van der Waals surface area contributed by atoms with Crippen molar-refractivity contribution in [2.24, 2.45) is 5.73 Å². The molecule has 2 N–H and O–H groups in total. The summed E-state index contributed by atoms with van der Waals surface area (Å²) in [6.07, 6.45) is 4.84. The lowest BCUT2D eigenvalue weighted by molar-refractivity contribution is -0.144. The minimum atomic E-state index is -0.392. The van der Waals surface area contributed by atoms with Crippen LogP contribution in [0.15, 0.2) is 47.4 Å². The summed E-state index contributed by atoms with van der Waals surface area (Å²) in [4.78, 5) is 24.3. The Morgan fingerprint density at radius 2 is 2.00 bits per heavy atom. The molecule has 4 rings (SSSR count). The summed E-state index contributed by atoms with van der Waals surface area (Å²) in [6.45, 7) is 2.53. The topological polar surface area (TPSA) is 118 Å². The van der Waals surface area contributed by atoms with Gasteiger partial charge in [-0.15, -0.1) is 17.5 Å². The molecule has 9 nitrogen and oxygen atoms in total. The van der Waals surface area contributed by atoms with Gasteiger partial charge < -0.3 is 10.5 Å². The molecule has 1 saturated carbocycles. The number of rotatable bonds is 7. The molecule has 0 spiro atoms. The quantitative estimate of drug-likeness (QED) is 0.488. The van der Waals surface area contributed by atoms with Gasteiger partial charge in [-0.3, -0.25) is 9.59 Å². The van der Waals surface area contributed by atoms with Crippen molar-refractivity contribution in [3.8, 4) is 11.4 Å². The Balaban J connectivity index is 0.00000324. The van der Waals surface area contributed by atoms with Gasteiger partial charge in [-0.1, -0.05) is 28.9 Å². The second kappa shape index (κ2) is 11.1. The summed E-state index contributed by atoms with van der Waals surface area (Å²) in [5.74, 6) is -0.392. The van der Waals surface area contributed by atoms with Gasteiger partial charge in [-0.2, -0.15) is 5.10 Å². The first kappa shape index (κ1) is 25.9. The Kier molecular flexibility index (Phi) is 8.46. The molecular formula is C23H28Cl2N6O3. The Morgan fingerprint density at radius 3 is 2.68 bits per heavy atom. The lowest BCUT2D eigenvalue weighted by atomic mass is 9.68. The molecule has 0 unspecified atom stereocenters. The molecule has 2 aromatic heterocycles. The number of nitrogens with two attached hydrogens (primary N) is 1. The van der Waals surface area contributed by atoms with Crippen LogP contribution in [-0.4, -0.2) is 43.9 Å². The fourth-order valence-electron chi connectivity index (χ4n) is 4.48. The monoisotopic (exact) mass is 506 g/mol. The molecule has 0 bridgehead atoms. The summed E-state index contributed by atoms with van der Waals surface area (Å²) in [5, 5.41) is 13.3. The third-order valence-electron chi connectivity index (χ3n) is 6.31. The number of hydrogen-bond acceptors (Lipinski definition) is 7. The van der Waals surface area contributed by atoms with Gasteiger partial charge in [-0.25, -0.2) is 9.36 Å². The average Bonchev–Trinajstić information content (AvgIpc) is 3.28. The third kappa shape index (κ3) is 5.48. The van der Waals surface area contributed by atoms with Crippen LogP contribution in [0.1, 0.15) is 44.2 Å². The molecule has 0 radical (unpaired) electrons. The first-order valence-electron chi connectivity index (χ1n) is 11.1. The molecule has 3 aromatic rings. The summed E-state index contributed by atoms with van der Waals surface area (Å²) in [7, 11) is 0. The van der Waals surface area contributed by atoms with E-state index in [-0.39, 0.29) is 36.0 Å². The minimum absolute atomic E-state index is 0. The van der Waals surface area contributed by atoms with E-state index in [9.17, 15) is 9.59 Å². The van der Waals surface area contributed by atoms with E-state index in [1.165, 1.54) is 15.4 Å². The van der Waals surface area contributed by atoms with Gasteiger partial charge in [0.05, 0.1) is 18.8 Å². The van der Waals surface area contributed by atoms with E-state index in [0.717, 1.165) is 31.2 Å². The molecule has 1 aliphatic rings. The van der Waals surface area contributed by atoms with E-state index in [0.29, 0.717) is 29.6 Å². The van der Waals surface area contributed by atoms with Crippen molar-refractivity contribution in [2.75, 3.05) is 13.2 Å². The van der Waals surface area contributed by atoms with Gasteiger partial charge in [0.15, 0.2) is 0 Å². The fourth-order valence-corrected chi connectivity index (χ4v) is 4.67. The van der Waals surface area contributed by atoms with E-state index < -0.39 is 5.97 Å². The molecule has 1 fully saturated rings. The van der Waals surface area contributed by atoms with Crippen LogP contribution < -0.4 is 11.3 Å². The van der Waals surface area contributed by atoms with Gasteiger partial charge >= 0.3 is 5.97 Å². The minimum Gasteiger partial charge on any atom is -0.465 e. The zero-order chi connectivity index (χ0) is 23.4. The maximum atomic E-state index is 12.6. The van der Waals surface area contributed by atoms with Crippen molar-refractivity contribution in [3.63, 3.8) is 0 Å². The first-order chi connectivity index (χ1) is 15.9. The molecule has 11 heteroatoms. The molecule has 0 aliphatic heterocycles. The van der Waals surface area contributed by atoms with E-state index in [1.54, 1.807) is 19.2 Å². The van der Waals surface area contributed by atoms with Gasteiger partial charge in [0.2, 0.25) is 0 Å². The van der Waals surface area contributed by atoms with Crippen LogP contribution in [-0.2, 0) is 21.5 Å². The van der Waals surface area contributed by atoms with Gasteiger partial charge in [0.1, 0.15) is 17.9 Å². The maximum Gasteiger partial charge on any atom is 0.327 e. The lowest BCUT2D eigenvalue weighted by Gasteiger charge is -2.40. The Hall–Kier alpha value is -2.75. The first-order valence-corrected chi connectivity index (χ1v) is 11.4. The number of ether oxygens (including phenoxy) is 1. The summed E-state index contributed by atoms with van der Waals surface area (Å²) in [6, 6.07) is 10.9. The van der Waals surface area contributed by atoms with Gasteiger partial charge in [0, 0.05) is 23.0 Å². The van der Waals surface area contributed by atoms with Crippen LogP contribution in [0.5, 0.6) is 0 Å². The van der Waals surface area contributed by atoms with Crippen molar-refractivity contribution in [1.29, 1.82) is 0 Å². The van der Waals surface area contributed by atoms with E-state index in [4.69, 9.17) is 22.1 Å². The normalized spacial score (nSPS) is 19.9. The van der Waals surface area contributed by atoms with Crippen molar-refractivity contribution in [2.45, 2.75) is 50.6 Å². The highest BCUT2D eigenvalue weighted by molar-refractivity contribution is 6.30. The zero-order valence-corrected chi connectivity index (χ0v) is 20.5. The summed E-state index contributed by atoms with van der Waals surface area (Å²) < 4.78 is 7.87. The van der Waals surface area contributed by atoms with E-state index >= 15 is 0 Å². The van der Waals surface area contributed by atoms with Crippen molar-refractivity contribution < 1.29 is 9.53 Å². The molecule has 34 heavy (non-hydrogen) atoms. The molecule has 1 aromatic carbocycles. The Morgan fingerprint density at radius 1 is 1.24 bits per heavy atom. The molecule has 2 heterocycles. The molecular weight excluding hydrogens is 479 g/mol. The van der Waals surface area contributed by atoms with Gasteiger partial charge in [0.25, 0.3) is 5.56 Å². The van der Waals surface area contributed by atoms with Crippen LogP contribution in [0.25, 0.3) is 11.4 Å². The fraction of sp³-hybridized carbons (Fsp3) is 0.435.